The van der Waals surface area contributed by atoms with E-state index >= 15 is 0 Å². The lowest BCUT2D eigenvalue weighted by molar-refractivity contribution is 0.0365. The standard InChI is InChI=1S/C25H26BrFN4O2S/c26-17-5-6-18(19(27)16-17)21-7-8-22(33-21)24-23(20-4-1-2-9-28-20)29-25(34)31(24)11-3-10-30-12-14-32-15-13-30/h1-2,4-9,16,23-24H,3,10-15H2,(H,29,34)/t23-,24+/m1/s1. The van der Waals surface area contributed by atoms with Gasteiger partial charge in [0, 0.05) is 36.8 Å². The summed E-state index contributed by atoms with van der Waals surface area (Å²) in [6, 6.07) is 14.2. The number of halogens is 2. The van der Waals surface area contributed by atoms with Crippen molar-refractivity contribution in [1.29, 1.82) is 0 Å². The Morgan fingerprint density at radius 2 is 1.97 bits per heavy atom. The van der Waals surface area contributed by atoms with Crippen molar-refractivity contribution in [2.24, 2.45) is 0 Å². The normalized spacial score (nSPS) is 21.1. The van der Waals surface area contributed by atoms with Crippen molar-refractivity contribution in [2.45, 2.75) is 18.5 Å². The zero-order valence-electron chi connectivity index (χ0n) is 18.6. The highest BCUT2D eigenvalue weighted by atomic mass is 79.9. The molecule has 0 spiro atoms. The molecule has 1 aromatic carbocycles. The molecule has 2 aliphatic heterocycles. The van der Waals surface area contributed by atoms with Crippen LogP contribution in [0, 0.1) is 5.82 Å². The summed E-state index contributed by atoms with van der Waals surface area (Å²) in [7, 11) is 0. The first-order chi connectivity index (χ1) is 16.6. The van der Waals surface area contributed by atoms with Crippen molar-refractivity contribution in [1.82, 2.24) is 20.1 Å². The first-order valence-electron chi connectivity index (χ1n) is 11.4. The number of benzene rings is 1. The predicted molar refractivity (Wildman–Crippen MR) is 136 cm³/mol. The van der Waals surface area contributed by atoms with Gasteiger partial charge in [0.05, 0.1) is 30.5 Å². The molecule has 4 heterocycles. The van der Waals surface area contributed by atoms with Crippen LogP contribution in [0.4, 0.5) is 4.39 Å². The number of nitrogens with zero attached hydrogens (tertiary/aromatic N) is 3. The number of hydrogen-bond donors (Lipinski definition) is 1. The van der Waals surface area contributed by atoms with Crippen molar-refractivity contribution in [3.05, 3.63) is 76.5 Å². The minimum Gasteiger partial charge on any atom is -0.459 e. The van der Waals surface area contributed by atoms with Crippen molar-refractivity contribution in [3.8, 4) is 11.3 Å². The first kappa shape index (κ1) is 23.4. The van der Waals surface area contributed by atoms with E-state index in [1.165, 1.54) is 6.07 Å². The molecule has 2 aliphatic rings. The van der Waals surface area contributed by atoms with E-state index in [-0.39, 0.29) is 17.9 Å². The highest BCUT2D eigenvalue weighted by molar-refractivity contribution is 9.10. The van der Waals surface area contributed by atoms with Gasteiger partial charge in [-0.05, 0) is 61.1 Å². The summed E-state index contributed by atoms with van der Waals surface area (Å²) in [4.78, 5) is 9.17. The average Bonchev–Trinajstić information content (AvgIpc) is 3.45. The fourth-order valence-electron chi connectivity index (χ4n) is 4.59. The third-order valence-corrected chi connectivity index (χ3v) is 7.14. The number of rotatable bonds is 7. The molecule has 0 aliphatic carbocycles. The molecule has 5 rings (SSSR count). The van der Waals surface area contributed by atoms with E-state index in [1.54, 1.807) is 12.3 Å². The summed E-state index contributed by atoms with van der Waals surface area (Å²) in [5.74, 6) is 0.886. The number of pyridine rings is 1. The Morgan fingerprint density at radius 1 is 1.12 bits per heavy atom. The summed E-state index contributed by atoms with van der Waals surface area (Å²) < 4.78 is 27.0. The Kier molecular flexibility index (Phi) is 7.24. The van der Waals surface area contributed by atoms with Gasteiger partial charge in [-0.15, -0.1) is 0 Å². The third-order valence-electron chi connectivity index (χ3n) is 6.29. The number of nitrogens with one attached hydrogen (secondary N) is 1. The number of furan rings is 1. The quantitative estimate of drug-likeness (QED) is 0.423. The van der Waals surface area contributed by atoms with E-state index in [9.17, 15) is 4.39 Å². The maximum atomic E-state index is 14.6. The number of morpholine rings is 1. The Morgan fingerprint density at radius 3 is 2.74 bits per heavy atom. The maximum Gasteiger partial charge on any atom is 0.170 e. The fraction of sp³-hybridized carbons (Fsp3) is 0.360. The van der Waals surface area contributed by atoms with E-state index in [2.05, 4.69) is 36.0 Å². The van der Waals surface area contributed by atoms with Gasteiger partial charge in [0.1, 0.15) is 23.4 Å². The second-order valence-corrected chi connectivity index (χ2v) is 9.76. The molecular weight excluding hydrogens is 519 g/mol. The third kappa shape index (κ3) is 5.02. The Hall–Kier alpha value is -2.33. The molecular formula is C25H26BrFN4O2S. The Balaban J connectivity index is 1.41. The van der Waals surface area contributed by atoms with Gasteiger partial charge in [0.15, 0.2) is 5.11 Å². The van der Waals surface area contributed by atoms with Crippen LogP contribution in [-0.4, -0.2) is 59.3 Å². The zero-order valence-corrected chi connectivity index (χ0v) is 21.0. The van der Waals surface area contributed by atoms with Crippen LogP contribution < -0.4 is 5.32 Å². The van der Waals surface area contributed by atoms with Gasteiger partial charge < -0.3 is 19.4 Å². The van der Waals surface area contributed by atoms with Gasteiger partial charge in [0.25, 0.3) is 0 Å². The van der Waals surface area contributed by atoms with Gasteiger partial charge in [0.2, 0.25) is 0 Å². The van der Waals surface area contributed by atoms with Gasteiger partial charge in [-0.3, -0.25) is 9.88 Å². The van der Waals surface area contributed by atoms with Crippen LogP contribution in [0.15, 0.2) is 63.6 Å². The van der Waals surface area contributed by atoms with Crippen LogP contribution in [0.5, 0.6) is 0 Å². The van der Waals surface area contributed by atoms with Crippen molar-refractivity contribution in [2.75, 3.05) is 39.4 Å². The molecule has 1 N–H and O–H groups in total. The van der Waals surface area contributed by atoms with Gasteiger partial charge in [-0.25, -0.2) is 4.39 Å². The lowest BCUT2D eigenvalue weighted by Crippen LogP contribution is -2.38. The van der Waals surface area contributed by atoms with E-state index < -0.39 is 0 Å². The summed E-state index contributed by atoms with van der Waals surface area (Å²) >= 11 is 9.06. The summed E-state index contributed by atoms with van der Waals surface area (Å²) in [6.45, 7) is 5.26. The average molecular weight is 545 g/mol. The van der Waals surface area contributed by atoms with E-state index in [0.29, 0.717) is 20.9 Å². The molecule has 0 unspecified atom stereocenters. The van der Waals surface area contributed by atoms with Crippen LogP contribution in [0.3, 0.4) is 0 Å². The van der Waals surface area contributed by atoms with Crippen LogP contribution in [0.2, 0.25) is 0 Å². The monoisotopic (exact) mass is 544 g/mol. The molecule has 0 amide bonds. The van der Waals surface area contributed by atoms with Gasteiger partial charge >= 0.3 is 0 Å². The van der Waals surface area contributed by atoms with Gasteiger partial charge in [-0.1, -0.05) is 22.0 Å². The summed E-state index contributed by atoms with van der Waals surface area (Å²) in [5, 5.41) is 4.12. The minimum absolute atomic E-state index is 0.161. The molecule has 2 saturated heterocycles. The van der Waals surface area contributed by atoms with Crippen LogP contribution >= 0.6 is 28.1 Å². The summed E-state index contributed by atoms with van der Waals surface area (Å²) in [6.07, 6.45) is 2.74. The van der Waals surface area contributed by atoms with E-state index in [4.69, 9.17) is 21.4 Å². The van der Waals surface area contributed by atoms with Crippen molar-refractivity contribution >= 4 is 33.3 Å². The molecule has 0 radical (unpaired) electrons. The van der Waals surface area contributed by atoms with E-state index in [0.717, 1.165) is 57.3 Å². The zero-order chi connectivity index (χ0) is 23.5. The molecule has 2 fully saturated rings. The fourth-order valence-corrected chi connectivity index (χ4v) is 5.26. The number of hydrogen-bond acceptors (Lipinski definition) is 5. The smallest absolute Gasteiger partial charge is 0.170 e. The lowest BCUT2D eigenvalue weighted by atomic mass is 10.0. The van der Waals surface area contributed by atoms with Crippen molar-refractivity contribution in [3.63, 3.8) is 0 Å². The molecule has 9 heteroatoms. The molecule has 6 nitrogen and oxygen atoms in total. The number of aromatic nitrogens is 1. The molecule has 178 valence electrons. The van der Waals surface area contributed by atoms with Crippen LogP contribution in [0.25, 0.3) is 11.3 Å². The number of thiocarbonyl (C=S) groups is 1. The molecule has 0 saturated carbocycles. The SMILES string of the molecule is Fc1cc(Br)ccc1-c1ccc([C@H]2[C@@H](c3ccccn3)NC(=S)N2CCCN2CCOCC2)o1. The minimum atomic E-state index is -0.334. The van der Waals surface area contributed by atoms with Crippen LogP contribution in [-0.2, 0) is 4.74 Å². The van der Waals surface area contributed by atoms with Crippen LogP contribution in [0.1, 0.15) is 30.0 Å². The maximum absolute atomic E-state index is 14.6. The molecule has 0 bridgehead atoms. The Bertz CT molecular complexity index is 1140. The lowest BCUT2D eigenvalue weighted by Gasteiger charge is -2.29. The second kappa shape index (κ2) is 10.5. The number of ether oxygens (including phenoxy) is 1. The molecule has 2 atom stereocenters. The highest BCUT2D eigenvalue weighted by Crippen LogP contribution is 2.40. The summed E-state index contributed by atoms with van der Waals surface area (Å²) in [5.41, 5.74) is 1.31. The largest absolute Gasteiger partial charge is 0.459 e. The highest BCUT2D eigenvalue weighted by Gasteiger charge is 2.41. The van der Waals surface area contributed by atoms with Crippen molar-refractivity contribution < 1.29 is 13.5 Å². The Labute approximate surface area is 212 Å². The molecule has 2 aromatic heterocycles. The first-order valence-corrected chi connectivity index (χ1v) is 12.6. The van der Waals surface area contributed by atoms with Gasteiger partial charge in [-0.2, -0.15) is 0 Å². The topological polar surface area (TPSA) is 53.8 Å². The van der Waals surface area contributed by atoms with E-state index in [1.807, 2.05) is 36.4 Å². The predicted octanol–water partition coefficient (Wildman–Crippen LogP) is 4.94. The second-order valence-electron chi connectivity index (χ2n) is 8.45. The molecule has 34 heavy (non-hydrogen) atoms. The molecule has 3 aromatic rings.